The lowest BCUT2D eigenvalue weighted by Gasteiger charge is -2.25. The number of terminal acetylenes is 1. The molecule has 0 amide bonds. The lowest BCUT2D eigenvalue weighted by molar-refractivity contribution is 0.0764. The van der Waals surface area contributed by atoms with Crippen molar-refractivity contribution >= 4 is 0 Å². The van der Waals surface area contributed by atoms with Crippen LogP contribution in [0.25, 0.3) is 0 Å². The van der Waals surface area contributed by atoms with E-state index >= 15 is 0 Å². The molecule has 0 aromatic heterocycles. The molecule has 0 aliphatic carbocycles. The van der Waals surface area contributed by atoms with Gasteiger partial charge in [-0.15, -0.1) is 6.42 Å². The van der Waals surface area contributed by atoms with Crippen LogP contribution in [0.4, 0.5) is 0 Å². The molecule has 0 bridgehead atoms. The first kappa shape index (κ1) is 9.57. The van der Waals surface area contributed by atoms with Crippen LogP contribution in [0, 0.1) is 12.3 Å². The van der Waals surface area contributed by atoms with Crippen LogP contribution < -0.4 is 5.32 Å². The predicted octanol–water partition coefficient (Wildman–Crippen LogP) is 1.17. The molecule has 1 rings (SSSR count). The Kier molecular flexibility index (Phi) is 4.13. The standard InChI is InChI=1S/C10H17NO/c1-3-9(4-2)11-10-5-7-12-8-6-10/h1,9-11H,4-8H2,2H3. The molecule has 1 aliphatic heterocycles. The number of hydrogen-bond donors (Lipinski definition) is 1. The number of nitrogens with one attached hydrogen (secondary N) is 1. The van der Waals surface area contributed by atoms with Crippen LogP contribution in [0.2, 0.25) is 0 Å². The second kappa shape index (κ2) is 5.18. The summed E-state index contributed by atoms with van der Waals surface area (Å²) in [5.41, 5.74) is 0. The van der Waals surface area contributed by atoms with E-state index in [1.165, 1.54) is 0 Å². The van der Waals surface area contributed by atoms with Gasteiger partial charge < -0.3 is 10.1 Å². The second-order valence-electron chi connectivity index (χ2n) is 3.18. The van der Waals surface area contributed by atoms with Crippen molar-refractivity contribution < 1.29 is 4.74 Å². The fraction of sp³-hybridized carbons (Fsp3) is 0.800. The molecule has 0 spiro atoms. The molecule has 0 aromatic rings. The van der Waals surface area contributed by atoms with Gasteiger partial charge in [0.15, 0.2) is 0 Å². The van der Waals surface area contributed by atoms with Crippen molar-refractivity contribution in [2.75, 3.05) is 13.2 Å². The monoisotopic (exact) mass is 167 g/mol. The fourth-order valence-corrected chi connectivity index (χ4v) is 1.43. The molecular formula is C10H17NO. The van der Waals surface area contributed by atoms with Gasteiger partial charge in [-0.25, -0.2) is 0 Å². The summed E-state index contributed by atoms with van der Waals surface area (Å²) in [6.07, 6.45) is 8.56. The maximum absolute atomic E-state index is 5.36. The van der Waals surface area contributed by atoms with E-state index in [1.54, 1.807) is 0 Å². The van der Waals surface area contributed by atoms with Crippen molar-refractivity contribution in [3.8, 4) is 12.3 Å². The van der Waals surface area contributed by atoms with Gasteiger partial charge in [0.1, 0.15) is 0 Å². The Morgan fingerprint density at radius 1 is 1.58 bits per heavy atom. The van der Waals surface area contributed by atoms with Crippen molar-refractivity contribution in [3.05, 3.63) is 0 Å². The van der Waals surface area contributed by atoms with Gasteiger partial charge >= 0.3 is 0 Å². The van der Waals surface area contributed by atoms with E-state index in [0.717, 1.165) is 32.5 Å². The van der Waals surface area contributed by atoms with E-state index in [2.05, 4.69) is 18.2 Å². The first-order chi connectivity index (χ1) is 5.86. The van der Waals surface area contributed by atoms with Crippen molar-refractivity contribution in [2.45, 2.75) is 38.3 Å². The zero-order valence-electron chi connectivity index (χ0n) is 7.68. The minimum atomic E-state index is 0.244. The third-order valence-corrected chi connectivity index (χ3v) is 2.27. The Hall–Kier alpha value is -0.520. The summed E-state index contributed by atoms with van der Waals surface area (Å²) in [4.78, 5) is 0. The van der Waals surface area contributed by atoms with Crippen molar-refractivity contribution in [3.63, 3.8) is 0 Å². The minimum Gasteiger partial charge on any atom is -0.381 e. The Labute approximate surface area is 74.7 Å². The number of rotatable bonds is 3. The first-order valence-electron chi connectivity index (χ1n) is 4.66. The van der Waals surface area contributed by atoms with Gasteiger partial charge in [0.2, 0.25) is 0 Å². The molecule has 1 N–H and O–H groups in total. The Morgan fingerprint density at radius 3 is 2.75 bits per heavy atom. The van der Waals surface area contributed by atoms with Gasteiger partial charge in [0.05, 0.1) is 6.04 Å². The molecule has 0 aromatic carbocycles. The largest absolute Gasteiger partial charge is 0.381 e. The van der Waals surface area contributed by atoms with Crippen LogP contribution in [0.1, 0.15) is 26.2 Å². The van der Waals surface area contributed by atoms with Gasteiger partial charge in [0.25, 0.3) is 0 Å². The average Bonchev–Trinajstić information content (AvgIpc) is 2.16. The number of hydrogen-bond acceptors (Lipinski definition) is 2. The van der Waals surface area contributed by atoms with Gasteiger partial charge in [-0.3, -0.25) is 0 Å². The Bertz CT molecular complexity index is 156. The normalized spacial score (nSPS) is 21.7. The smallest absolute Gasteiger partial charge is 0.0686 e. The predicted molar refractivity (Wildman–Crippen MR) is 49.9 cm³/mol. The van der Waals surface area contributed by atoms with Crippen LogP contribution in [0.15, 0.2) is 0 Å². The highest BCUT2D eigenvalue weighted by Gasteiger charge is 2.15. The van der Waals surface area contributed by atoms with Gasteiger partial charge in [-0.2, -0.15) is 0 Å². The molecule has 1 fully saturated rings. The molecule has 68 valence electrons. The molecule has 1 heterocycles. The minimum absolute atomic E-state index is 0.244. The fourth-order valence-electron chi connectivity index (χ4n) is 1.43. The van der Waals surface area contributed by atoms with Crippen molar-refractivity contribution in [1.82, 2.24) is 5.32 Å². The van der Waals surface area contributed by atoms with Crippen LogP contribution in [0.3, 0.4) is 0 Å². The summed E-state index contributed by atoms with van der Waals surface area (Å²) in [7, 11) is 0. The summed E-state index contributed by atoms with van der Waals surface area (Å²) >= 11 is 0. The third kappa shape index (κ3) is 2.84. The van der Waals surface area contributed by atoms with Crippen LogP contribution in [-0.2, 0) is 4.74 Å². The lowest BCUT2D eigenvalue weighted by atomic mass is 10.1. The SMILES string of the molecule is C#CC(CC)NC1CCOCC1. The molecule has 0 saturated carbocycles. The summed E-state index contributed by atoms with van der Waals surface area (Å²) in [5.74, 6) is 2.75. The summed E-state index contributed by atoms with van der Waals surface area (Å²) in [6, 6.07) is 0.813. The van der Waals surface area contributed by atoms with Gasteiger partial charge in [0, 0.05) is 19.3 Å². The first-order valence-corrected chi connectivity index (χ1v) is 4.66. The summed E-state index contributed by atoms with van der Waals surface area (Å²) in [6.45, 7) is 3.86. The average molecular weight is 167 g/mol. The quantitative estimate of drug-likeness (QED) is 0.637. The highest BCUT2D eigenvalue weighted by molar-refractivity contribution is 4.99. The zero-order valence-corrected chi connectivity index (χ0v) is 7.68. The zero-order chi connectivity index (χ0) is 8.81. The third-order valence-electron chi connectivity index (χ3n) is 2.27. The van der Waals surface area contributed by atoms with Crippen LogP contribution in [0.5, 0.6) is 0 Å². The van der Waals surface area contributed by atoms with Gasteiger partial charge in [-0.05, 0) is 19.3 Å². The number of ether oxygens (including phenoxy) is 1. The second-order valence-corrected chi connectivity index (χ2v) is 3.18. The van der Waals surface area contributed by atoms with Gasteiger partial charge in [-0.1, -0.05) is 12.8 Å². The highest BCUT2D eigenvalue weighted by atomic mass is 16.5. The molecule has 2 heteroatoms. The van der Waals surface area contributed by atoms with E-state index in [4.69, 9.17) is 11.2 Å². The van der Waals surface area contributed by atoms with Crippen LogP contribution >= 0.6 is 0 Å². The molecule has 1 atom stereocenters. The molecule has 12 heavy (non-hydrogen) atoms. The molecule has 0 radical (unpaired) electrons. The summed E-state index contributed by atoms with van der Waals surface area (Å²) in [5, 5.41) is 3.44. The van der Waals surface area contributed by atoms with E-state index < -0.39 is 0 Å². The topological polar surface area (TPSA) is 21.3 Å². The maximum atomic E-state index is 5.36. The maximum Gasteiger partial charge on any atom is 0.0686 e. The molecule has 1 unspecified atom stereocenters. The molecule has 2 nitrogen and oxygen atoms in total. The summed E-state index contributed by atoms with van der Waals surface area (Å²) < 4.78 is 5.26. The van der Waals surface area contributed by atoms with E-state index in [0.29, 0.717) is 6.04 Å². The molecule has 1 saturated heterocycles. The van der Waals surface area contributed by atoms with Crippen molar-refractivity contribution in [2.24, 2.45) is 0 Å². The van der Waals surface area contributed by atoms with E-state index in [1.807, 2.05) is 0 Å². The van der Waals surface area contributed by atoms with Crippen LogP contribution in [-0.4, -0.2) is 25.3 Å². The molecular weight excluding hydrogens is 150 g/mol. The van der Waals surface area contributed by atoms with Crippen molar-refractivity contribution in [1.29, 1.82) is 0 Å². The Morgan fingerprint density at radius 2 is 2.25 bits per heavy atom. The highest BCUT2D eigenvalue weighted by Crippen LogP contribution is 2.07. The van der Waals surface area contributed by atoms with E-state index in [9.17, 15) is 0 Å². The van der Waals surface area contributed by atoms with E-state index in [-0.39, 0.29) is 6.04 Å². The lowest BCUT2D eigenvalue weighted by Crippen LogP contribution is -2.40. The Balaban J connectivity index is 2.24. The molecule has 1 aliphatic rings.